The number of amides is 1. The van der Waals surface area contributed by atoms with Crippen molar-refractivity contribution in [3.8, 4) is 0 Å². The van der Waals surface area contributed by atoms with Crippen molar-refractivity contribution in [3.05, 3.63) is 26.6 Å². The maximum atomic E-state index is 11.7. The largest absolute Gasteiger partial charge is 0.397 e. The summed E-state index contributed by atoms with van der Waals surface area (Å²) < 4.78 is 22.8. The van der Waals surface area contributed by atoms with E-state index in [0.29, 0.717) is 8.95 Å². The Morgan fingerprint density at radius 2 is 1.94 bits per heavy atom. The molecule has 0 fully saturated rings. The number of hydrazine groups is 1. The van der Waals surface area contributed by atoms with Gasteiger partial charge >= 0.3 is 0 Å². The number of nitrogens with two attached hydrogens (primary N) is 1. The summed E-state index contributed by atoms with van der Waals surface area (Å²) in [7, 11) is -3.51. The second kappa shape index (κ2) is 5.34. The van der Waals surface area contributed by atoms with Gasteiger partial charge in [-0.05, 0) is 28.1 Å². The Labute approximate surface area is 115 Å². The van der Waals surface area contributed by atoms with E-state index in [1.807, 2.05) is 10.3 Å². The van der Waals surface area contributed by atoms with Gasteiger partial charge in [0.15, 0.2) is 0 Å². The minimum absolute atomic E-state index is 0.155. The van der Waals surface area contributed by atoms with Crippen molar-refractivity contribution in [3.63, 3.8) is 0 Å². The second-order valence-corrected chi connectivity index (χ2v) is 6.70. The number of carbonyl (C=O) groups is 1. The van der Waals surface area contributed by atoms with Crippen LogP contribution in [-0.4, -0.2) is 20.6 Å². The highest BCUT2D eigenvalue weighted by molar-refractivity contribution is 9.11. The van der Waals surface area contributed by atoms with Crippen molar-refractivity contribution in [1.29, 1.82) is 0 Å². The van der Waals surface area contributed by atoms with E-state index in [2.05, 4.69) is 31.9 Å². The zero-order valence-electron chi connectivity index (χ0n) is 8.62. The molecule has 0 spiro atoms. The summed E-state index contributed by atoms with van der Waals surface area (Å²) in [6.07, 6.45) is 0.924. The van der Waals surface area contributed by atoms with Gasteiger partial charge in [0, 0.05) is 8.95 Å². The Balaban J connectivity index is 2.97. The summed E-state index contributed by atoms with van der Waals surface area (Å²) in [4.78, 5) is 13.5. The zero-order chi connectivity index (χ0) is 13.2. The van der Waals surface area contributed by atoms with E-state index in [0.717, 1.165) is 6.26 Å². The fraction of sp³-hybridized carbons (Fsp3) is 0.125. The SMILES string of the molecule is CS(=O)(=O)NNC(=O)c1cc(Br)cc(Br)c1N. The Morgan fingerprint density at radius 3 is 2.47 bits per heavy atom. The number of halogens is 2. The third-order valence-corrected chi connectivity index (χ3v) is 3.28. The van der Waals surface area contributed by atoms with Crippen molar-refractivity contribution in [2.75, 3.05) is 12.0 Å². The van der Waals surface area contributed by atoms with Crippen LogP contribution in [0.5, 0.6) is 0 Å². The quantitative estimate of drug-likeness (QED) is 0.532. The van der Waals surface area contributed by atoms with Crippen LogP contribution in [0.4, 0.5) is 5.69 Å². The Hall–Kier alpha value is -0.640. The number of carbonyl (C=O) groups excluding carboxylic acids is 1. The molecule has 0 radical (unpaired) electrons. The van der Waals surface area contributed by atoms with Gasteiger partial charge in [0.1, 0.15) is 0 Å². The molecule has 0 saturated heterocycles. The van der Waals surface area contributed by atoms with Gasteiger partial charge < -0.3 is 5.73 Å². The van der Waals surface area contributed by atoms with Crippen molar-refractivity contribution >= 4 is 53.5 Å². The summed E-state index contributed by atoms with van der Waals surface area (Å²) in [5.41, 5.74) is 8.10. The molecule has 94 valence electrons. The zero-order valence-corrected chi connectivity index (χ0v) is 12.6. The lowest BCUT2D eigenvalue weighted by molar-refractivity contribution is 0.0946. The molecule has 0 aliphatic rings. The summed E-state index contributed by atoms with van der Waals surface area (Å²) >= 11 is 6.38. The van der Waals surface area contributed by atoms with Gasteiger partial charge in [-0.15, -0.1) is 4.83 Å². The van der Waals surface area contributed by atoms with E-state index in [9.17, 15) is 13.2 Å². The topological polar surface area (TPSA) is 101 Å². The molecule has 1 rings (SSSR count). The molecule has 0 aliphatic carbocycles. The Bertz CT molecular complexity index is 559. The lowest BCUT2D eigenvalue weighted by Gasteiger charge is -2.09. The predicted molar refractivity (Wildman–Crippen MR) is 71.7 cm³/mol. The van der Waals surface area contributed by atoms with Crippen molar-refractivity contribution in [2.24, 2.45) is 0 Å². The van der Waals surface area contributed by atoms with Crippen LogP contribution >= 0.6 is 31.9 Å². The van der Waals surface area contributed by atoms with Gasteiger partial charge in [-0.25, -0.2) is 8.42 Å². The summed E-state index contributed by atoms with van der Waals surface area (Å²) in [6, 6.07) is 3.16. The number of hydrogen-bond donors (Lipinski definition) is 3. The van der Waals surface area contributed by atoms with Gasteiger partial charge in [0.25, 0.3) is 5.91 Å². The van der Waals surface area contributed by atoms with Crippen LogP contribution in [0.3, 0.4) is 0 Å². The van der Waals surface area contributed by atoms with E-state index in [4.69, 9.17) is 5.73 Å². The lowest BCUT2D eigenvalue weighted by Crippen LogP contribution is -2.41. The first-order valence-corrected chi connectivity index (χ1v) is 7.70. The van der Waals surface area contributed by atoms with Crippen LogP contribution < -0.4 is 16.0 Å². The number of hydrogen-bond acceptors (Lipinski definition) is 4. The van der Waals surface area contributed by atoms with Crippen molar-refractivity contribution < 1.29 is 13.2 Å². The predicted octanol–water partition coefficient (Wildman–Crippen LogP) is 0.988. The molecular weight excluding hydrogens is 378 g/mol. The second-order valence-electron chi connectivity index (χ2n) is 3.18. The van der Waals surface area contributed by atoms with Crippen molar-refractivity contribution in [1.82, 2.24) is 10.3 Å². The van der Waals surface area contributed by atoms with E-state index in [-0.39, 0.29) is 11.3 Å². The van der Waals surface area contributed by atoms with Gasteiger partial charge in [0.05, 0.1) is 17.5 Å². The average molecular weight is 387 g/mol. The third kappa shape index (κ3) is 4.26. The van der Waals surface area contributed by atoms with Crippen LogP contribution in [0.2, 0.25) is 0 Å². The van der Waals surface area contributed by atoms with Crippen molar-refractivity contribution in [2.45, 2.75) is 0 Å². The first-order valence-electron chi connectivity index (χ1n) is 4.22. The van der Waals surface area contributed by atoms with Crippen LogP contribution in [0.1, 0.15) is 10.4 Å². The maximum Gasteiger partial charge on any atom is 0.268 e. The fourth-order valence-corrected chi connectivity index (χ4v) is 2.48. The number of anilines is 1. The monoisotopic (exact) mass is 385 g/mol. The average Bonchev–Trinajstić information content (AvgIpc) is 2.19. The van der Waals surface area contributed by atoms with Gasteiger partial charge in [-0.1, -0.05) is 15.9 Å². The van der Waals surface area contributed by atoms with E-state index in [1.54, 1.807) is 6.07 Å². The highest BCUT2D eigenvalue weighted by atomic mass is 79.9. The first-order chi connectivity index (χ1) is 7.70. The van der Waals surface area contributed by atoms with Crippen LogP contribution in [0, 0.1) is 0 Å². The lowest BCUT2D eigenvalue weighted by atomic mass is 10.2. The number of nitrogen functional groups attached to an aromatic ring is 1. The molecule has 9 heteroatoms. The van der Waals surface area contributed by atoms with Crippen LogP contribution in [-0.2, 0) is 10.0 Å². The molecule has 17 heavy (non-hydrogen) atoms. The Kier molecular flexibility index (Phi) is 4.53. The minimum Gasteiger partial charge on any atom is -0.397 e. The normalized spacial score (nSPS) is 11.2. The molecule has 0 aromatic heterocycles. The Morgan fingerprint density at radius 1 is 1.35 bits per heavy atom. The molecule has 0 bridgehead atoms. The number of rotatable bonds is 3. The summed E-state index contributed by atoms with van der Waals surface area (Å²) in [6.45, 7) is 0. The van der Waals surface area contributed by atoms with E-state index >= 15 is 0 Å². The molecule has 0 heterocycles. The molecule has 0 unspecified atom stereocenters. The third-order valence-electron chi connectivity index (χ3n) is 1.69. The highest BCUT2D eigenvalue weighted by Gasteiger charge is 2.14. The molecule has 1 aromatic carbocycles. The van der Waals surface area contributed by atoms with Gasteiger partial charge in [0.2, 0.25) is 10.0 Å². The molecule has 1 amide bonds. The fourth-order valence-electron chi connectivity index (χ4n) is 0.979. The van der Waals surface area contributed by atoms with Crippen LogP contribution in [0.25, 0.3) is 0 Å². The van der Waals surface area contributed by atoms with E-state index < -0.39 is 15.9 Å². The molecule has 1 aromatic rings. The first kappa shape index (κ1) is 14.4. The van der Waals surface area contributed by atoms with Crippen LogP contribution in [0.15, 0.2) is 21.1 Å². The highest BCUT2D eigenvalue weighted by Crippen LogP contribution is 2.27. The molecule has 6 nitrogen and oxygen atoms in total. The van der Waals surface area contributed by atoms with Gasteiger partial charge in [-0.2, -0.15) is 0 Å². The summed E-state index contributed by atoms with van der Waals surface area (Å²) in [5.74, 6) is -0.644. The summed E-state index contributed by atoms with van der Waals surface area (Å²) in [5, 5.41) is 0. The van der Waals surface area contributed by atoms with E-state index in [1.165, 1.54) is 6.07 Å². The number of nitrogens with one attached hydrogen (secondary N) is 2. The minimum atomic E-state index is -3.51. The molecule has 0 aliphatic heterocycles. The molecule has 4 N–H and O–H groups in total. The molecule has 0 saturated carbocycles. The maximum absolute atomic E-state index is 11.7. The number of sulfonamides is 1. The number of benzene rings is 1. The smallest absolute Gasteiger partial charge is 0.268 e. The standard InChI is InChI=1S/C8H9Br2N3O3S/c1-17(15,16)13-12-8(14)5-2-4(9)3-6(10)7(5)11/h2-3,13H,11H2,1H3,(H,12,14). The molecular formula is C8H9Br2N3O3S. The van der Waals surface area contributed by atoms with Gasteiger partial charge in [-0.3, -0.25) is 10.2 Å². The molecule has 0 atom stereocenters.